The Bertz CT molecular complexity index is 838. The molecule has 1 saturated heterocycles. The lowest BCUT2D eigenvalue weighted by molar-refractivity contribution is 0.187. The van der Waals surface area contributed by atoms with Gasteiger partial charge in [-0.2, -0.15) is 0 Å². The van der Waals surface area contributed by atoms with E-state index in [1.165, 1.54) is 7.11 Å². The number of nitrogens with one attached hydrogen (secondary N) is 3. The number of hydrogen-bond acceptors (Lipinski definition) is 7. The molecule has 3 heterocycles. The lowest BCUT2D eigenvalue weighted by Gasteiger charge is -2.29. The van der Waals surface area contributed by atoms with Crippen molar-refractivity contribution >= 4 is 23.4 Å². The van der Waals surface area contributed by atoms with Gasteiger partial charge >= 0.3 is 6.09 Å². The molecular weight excluding hydrogens is 380 g/mol. The summed E-state index contributed by atoms with van der Waals surface area (Å²) in [6.07, 6.45) is 4.57. The standard InChI is InChI=1S/C22H32N6O2/c1-4-6-17(5-2)25-20-13-16(7-8-24-20)19-14-18(26-22(29)30-3)15-21(27-19)28-11-9-23-10-12-28/h7-8,13-15,17,23H,4-6,9-12H2,1-3H3,(H,24,25)(H,26,27,29). The van der Waals surface area contributed by atoms with Gasteiger partial charge in [0.15, 0.2) is 0 Å². The minimum absolute atomic E-state index is 0.398. The number of anilines is 3. The molecule has 8 heteroatoms. The van der Waals surface area contributed by atoms with Gasteiger partial charge in [0.05, 0.1) is 12.8 Å². The Hall–Kier alpha value is -2.87. The van der Waals surface area contributed by atoms with Crippen LogP contribution < -0.4 is 20.9 Å². The molecule has 1 unspecified atom stereocenters. The van der Waals surface area contributed by atoms with Gasteiger partial charge in [-0.25, -0.2) is 14.8 Å². The molecule has 3 rings (SSSR count). The monoisotopic (exact) mass is 412 g/mol. The number of amides is 1. The molecular formula is C22H32N6O2. The topological polar surface area (TPSA) is 91.4 Å². The molecule has 1 aliphatic rings. The molecule has 1 aliphatic heterocycles. The minimum atomic E-state index is -0.499. The number of carbonyl (C=O) groups excluding carboxylic acids is 1. The molecule has 1 amide bonds. The molecule has 2 aromatic heterocycles. The zero-order chi connectivity index (χ0) is 21.3. The molecule has 0 spiro atoms. The molecule has 0 saturated carbocycles. The van der Waals surface area contributed by atoms with Crippen LogP contribution in [0, 0.1) is 0 Å². The maximum Gasteiger partial charge on any atom is 0.411 e. The maximum atomic E-state index is 11.8. The second-order valence-electron chi connectivity index (χ2n) is 7.42. The molecule has 0 aliphatic carbocycles. The summed E-state index contributed by atoms with van der Waals surface area (Å²) in [5.41, 5.74) is 2.39. The third-order valence-electron chi connectivity index (χ3n) is 5.22. The molecule has 0 bridgehead atoms. The Kier molecular flexibility index (Phi) is 7.84. The van der Waals surface area contributed by atoms with Crippen molar-refractivity contribution in [1.82, 2.24) is 15.3 Å². The van der Waals surface area contributed by atoms with E-state index < -0.39 is 6.09 Å². The van der Waals surface area contributed by atoms with Gasteiger partial charge in [-0.3, -0.25) is 5.32 Å². The van der Waals surface area contributed by atoms with E-state index in [4.69, 9.17) is 9.72 Å². The van der Waals surface area contributed by atoms with Crippen LogP contribution in [0.15, 0.2) is 30.5 Å². The van der Waals surface area contributed by atoms with Crippen LogP contribution in [0.25, 0.3) is 11.3 Å². The van der Waals surface area contributed by atoms with Gasteiger partial charge in [-0.1, -0.05) is 20.3 Å². The summed E-state index contributed by atoms with van der Waals surface area (Å²) in [4.78, 5) is 23.4. The van der Waals surface area contributed by atoms with Gasteiger partial charge < -0.3 is 20.3 Å². The fourth-order valence-electron chi connectivity index (χ4n) is 3.57. The normalized spacial score (nSPS) is 14.8. The SMILES string of the molecule is CCCC(CC)Nc1cc(-c2cc(NC(=O)OC)cc(N3CCNCC3)n2)ccn1. The van der Waals surface area contributed by atoms with Crippen LogP contribution in [-0.4, -0.2) is 55.4 Å². The van der Waals surface area contributed by atoms with Crippen LogP contribution in [0.4, 0.5) is 22.1 Å². The van der Waals surface area contributed by atoms with Crippen LogP contribution in [0.3, 0.4) is 0 Å². The summed E-state index contributed by atoms with van der Waals surface area (Å²) in [5.74, 6) is 1.67. The number of nitrogens with zero attached hydrogens (tertiary/aromatic N) is 3. The number of aromatic nitrogens is 2. The summed E-state index contributed by atoms with van der Waals surface area (Å²) in [6, 6.07) is 8.11. The van der Waals surface area contributed by atoms with Crippen molar-refractivity contribution in [3.05, 3.63) is 30.5 Å². The van der Waals surface area contributed by atoms with Gasteiger partial charge in [-0.15, -0.1) is 0 Å². The summed E-state index contributed by atoms with van der Waals surface area (Å²) < 4.78 is 4.77. The van der Waals surface area contributed by atoms with E-state index in [0.717, 1.165) is 68.3 Å². The van der Waals surface area contributed by atoms with E-state index in [1.807, 2.05) is 24.3 Å². The molecule has 8 nitrogen and oxygen atoms in total. The Labute approximate surface area is 178 Å². The average Bonchev–Trinajstić information content (AvgIpc) is 2.79. The first kappa shape index (κ1) is 21.8. The Morgan fingerprint density at radius 3 is 2.77 bits per heavy atom. The van der Waals surface area contributed by atoms with Crippen molar-refractivity contribution in [2.45, 2.75) is 39.2 Å². The molecule has 30 heavy (non-hydrogen) atoms. The first-order valence-corrected chi connectivity index (χ1v) is 10.7. The van der Waals surface area contributed by atoms with Crippen molar-refractivity contribution in [2.75, 3.05) is 48.8 Å². The van der Waals surface area contributed by atoms with E-state index in [1.54, 1.807) is 6.20 Å². The van der Waals surface area contributed by atoms with Crippen molar-refractivity contribution in [3.8, 4) is 11.3 Å². The highest BCUT2D eigenvalue weighted by Crippen LogP contribution is 2.27. The van der Waals surface area contributed by atoms with Gasteiger partial charge in [0.1, 0.15) is 11.6 Å². The van der Waals surface area contributed by atoms with E-state index >= 15 is 0 Å². The highest BCUT2D eigenvalue weighted by molar-refractivity contribution is 5.86. The van der Waals surface area contributed by atoms with Gasteiger partial charge in [0.25, 0.3) is 0 Å². The zero-order valence-corrected chi connectivity index (χ0v) is 18.1. The van der Waals surface area contributed by atoms with Crippen molar-refractivity contribution in [2.24, 2.45) is 0 Å². The number of methoxy groups -OCH3 is 1. The number of carbonyl (C=O) groups is 1. The Balaban J connectivity index is 1.92. The highest BCUT2D eigenvalue weighted by atomic mass is 16.5. The van der Waals surface area contributed by atoms with Crippen LogP contribution in [0.1, 0.15) is 33.1 Å². The summed E-state index contributed by atoms with van der Waals surface area (Å²) in [6.45, 7) is 7.92. The summed E-state index contributed by atoms with van der Waals surface area (Å²) in [7, 11) is 1.36. The predicted octanol–water partition coefficient (Wildman–Crippen LogP) is 3.72. The maximum absolute atomic E-state index is 11.8. The highest BCUT2D eigenvalue weighted by Gasteiger charge is 2.16. The van der Waals surface area contributed by atoms with E-state index in [-0.39, 0.29) is 0 Å². The Morgan fingerprint density at radius 1 is 1.27 bits per heavy atom. The average molecular weight is 413 g/mol. The predicted molar refractivity (Wildman–Crippen MR) is 121 cm³/mol. The van der Waals surface area contributed by atoms with Crippen molar-refractivity contribution in [3.63, 3.8) is 0 Å². The Morgan fingerprint density at radius 2 is 2.07 bits per heavy atom. The molecule has 2 aromatic rings. The molecule has 0 radical (unpaired) electrons. The van der Waals surface area contributed by atoms with E-state index in [2.05, 4.69) is 39.7 Å². The molecule has 162 valence electrons. The number of piperazine rings is 1. The second-order valence-corrected chi connectivity index (χ2v) is 7.42. The number of pyridine rings is 2. The largest absolute Gasteiger partial charge is 0.453 e. The second kappa shape index (κ2) is 10.8. The third kappa shape index (κ3) is 5.82. The zero-order valence-electron chi connectivity index (χ0n) is 18.1. The molecule has 0 aromatic carbocycles. The van der Waals surface area contributed by atoms with E-state index in [9.17, 15) is 4.79 Å². The first-order chi connectivity index (χ1) is 14.6. The number of hydrogen-bond donors (Lipinski definition) is 3. The van der Waals surface area contributed by atoms with Gasteiger partial charge in [0.2, 0.25) is 0 Å². The van der Waals surface area contributed by atoms with Crippen LogP contribution in [0.2, 0.25) is 0 Å². The number of ether oxygens (including phenoxy) is 1. The first-order valence-electron chi connectivity index (χ1n) is 10.7. The smallest absolute Gasteiger partial charge is 0.411 e. The summed E-state index contributed by atoms with van der Waals surface area (Å²) >= 11 is 0. The molecule has 3 N–H and O–H groups in total. The van der Waals surface area contributed by atoms with Crippen LogP contribution in [0.5, 0.6) is 0 Å². The van der Waals surface area contributed by atoms with Crippen LogP contribution >= 0.6 is 0 Å². The van der Waals surface area contributed by atoms with Gasteiger partial charge in [-0.05, 0) is 31.0 Å². The minimum Gasteiger partial charge on any atom is -0.453 e. The number of rotatable bonds is 8. The van der Waals surface area contributed by atoms with E-state index in [0.29, 0.717) is 11.7 Å². The molecule has 1 atom stereocenters. The fourth-order valence-corrected chi connectivity index (χ4v) is 3.57. The van der Waals surface area contributed by atoms with Crippen LogP contribution in [-0.2, 0) is 4.74 Å². The van der Waals surface area contributed by atoms with Gasteiger partial charge in [0, 0.05) is 55.7 Å². The molecule has 1 fully saturated rings. The van der Waals surface area contributed by atoms with Crippen molar-refractivity contribution in [1.29, 1.82) is 0 Å². The summed E-state index contributed by atoms with van der Waals surface area (Å²) in [5, 5.41) is 9.66. The lowest BCUT2D eigenvalue weighted by Crippen LogP contribution is -2.43. The lowest BCUT2D eigenvalue weighted by atomic mass is 10.1. The van der Waals surface area contributed by atoms with Crippen molar-refractivity contribution < 1.29 is 9.53 Å². The third-order valence-corrected chi connectivity index (χ3v) is 5.22. The quantitative estimate of drug-likeness (QED) is 0.609. The fraction of sp³-hybridized carbons (Fsp3) is 0.500.